The predicted octanol–water partition coefficient (Wildman–Crippen LogP) is 1.18. The SMILES string of the molecule is CCCNC(COC)CN1C(=O)CC(C)(C)CC1=O. The smallest absolute Gasteiger partial charge is 0.229 e. The van der Waals surface area contributed by atoms with Crippen LogP contribution < -0.4 is 5.32 Å². The Labute approximate surface area is 115 Å². The van der Waals surface area contributed by atoms with E-state index in [-0.39, 0.29) is 23.3 Å². The Bertz CT molecular complexity index is 309. The first-order valence-electron chi connectivity index (χ1n) is 6.95. The van der Waals surface area contributed by atoms with E-state index >= 15 is 0 Å². The highest BCUT2D eigenvalue weighted by molar-refractivity contribution is 5.98. The van der Waals surface area contributed by atoms with Gasteiger partial charge < -0.3 is 10.1 Å². The zero-order valence-corrected chi connectivity index (χ0v) is 12.5. The number of amides is 2. The molecule has 0 aromatic carbocycles. The lowest BCUT2D eigenvalue weighted by atomic mass is 9.81. The van der Waals surface area contributed by atoms with Gasteiger partial charge in [-0.25, -0.2) is 0 Å². The van der Waals surface area contributed by atoms with E-state index < -0.39 is 0 Å². The van der Waals surface area contributed by atoms with E-state index in [0.717, 1.165) is 13.0 Å². The van der Waals surface area contributed by atoms with Crippen molar-refractivity contribution in [2.45, 2.75) is 46.1 Å². The monoisotopic (exact) mass is 270 g/mol. The lowest BCUT2D eigenvalue weighted by Gasteiger charge is -2.36. The van der Waals surface area contributed by atoms with Crippen LogP contribution in [0.15, 0.2) is 0 Å². The quantitative estimate of drug-likeness (QED) is 0.706. The molecule has 0 bridgehead atoms. The third-order valence-electron chi connectivity index (χ3n) is 3.32. The second-order valence-electron chi connectivity index (χ2n) is 6.02. The molecule has 1 fully saturated rings. The number of imide groups is 1. The van der Waals surface area contributed by atoms with Crippen molar-refractivity contribution in [2.75, 3.05) is 26.8 Å². The minimum atomic E-state index is -0.210. The molecular weight excluding hydrogens is 244 g/mol. The molecule has 5 heteroatoms. The number of nitrogens with zero attached hydrogens (tertiary/aromatic N) is 1. The highest BCUT2D eigenvalue weighted by Gasteiger charge is 2.38. The first-order valence-corrected chi connectivity index (χ1v) is 6.95. The van der Waals surface area contributed by atoms with E-state index in [1.165, 1.54) is 4.90 Å². The molecule has 1 unspecified atom stereocenters. The molecule has 1 rings (SSSR count). The lowest BCUT2D eigenvalue weighted by molar-refractivity contribution is -0.153. The Hall–Kier alpha value is -0.940. The molecule has 0 aromatic heterocycles. The molecule has 0 saturated carbocycles. The fourth-order valence-electron chi connectivity index (χ4n) is 2.36. The summed E-state index contributed by atoms with van der Waals surface area (Å²) < 4.78 is 5.14. The molecule has 0 aromatic rings. The van der Waals surface area contributed by atoms with Gasteiger partial charge in [0.05, 0.1) is 6.61 Å². The number of carbonyl (C=O) groups is 2. The third kappa shape index (κ3) is 4.91. The Kier molecular flexibility index (Phi) is 5.94. The van der Waals surface area contributed by atoms with E-state index in [9.17, 15) is 9.59 Å². The lowest BCUT2D eigenvalue weighted by Crippen LogP contribution is -2.52. The minimum Gasteiger partial charge on any atom is -0.383 e. The molecule has 1 saturated heterocycles. The van der Waals surface area contributed by atoms with Gasteiger partial charge in [-0.15, -0.1) is 0 Å². The number of carbonyl (C=O) groups excluding carboxylic acids is 2. The molecule has 0 spiro atoms. The number of ether oxygens (including phenoxy) is 1. The van der Waals surface area contributed by atoms with Crippen LogP contribution in [0.25, 0.3) is 0 Å². The van der Waals surface area contributed by atoms with Crippen molar-refractivity contribution in [1.29, 1.82) is 0 Å². The van der Waals surface area contributed by atoms with Crippen LogP contribution in [-0.2, 0) is 14.3 Å². The van der Waals surface area contributed by atoms with Crippen LogP contribution in [0.1, 0.15) is 40.0 Å². The molecule has 0 aliphatic carbocycles. The summed E-state index contributed by atoms with van der Waals surface area (Å²) >= 11 is 0. The maximum atomic E-state index is 12.1. The average molecular weight is 270 g/mol. The van der Waals surface area contributed by atoms with Gasteiger partial charge in [0.15, 0.2) is 0 Å². The fraction of sp³-hybridized carbons (Fsp3) is 0.857. The van der Waals surface area contributed by atoms with Gasteiger partial charge in [0.1, 0.15) is 0 Å². The average Bonchev–Trinajstić information content (AvgIpc) is 2.29. The number of piperidine rings is 1. The van der Waals surface area contributed by atoms with Crippen molar-refractivity contribution < 1.29 is 14.3 Å². The number of likely N-dealkylation sites (tertiary alicyclic amines) is 1. The van der Waals surface area contributed by atoms with E-state index in [1.54, 1.807) is 7.11 Å². The van der Waals surface area contributed by atoms with Crippen molar-refractivity contribution in [3.63, 3.8) is 0 Å². The van der Waals surface area contributed by atoms with Gasteiger partial charge in [0.25, 0.3) is 0 Å². The molecule has 1 aliphatic rings. The van der Waals surface area contributed by atoms with E-state index in [2.05, 4.69) is 12.2 Å². The summed E-state index contributed by atoms with van der Waals surface area (Å²) in [6.07, 6.45) is 1.88. The molecule has 110 valence electrons. The molecule has 5 nitrogen and oxygen atoms in total. The van der Waals surface area contributed by atoms with Crippen LogP contribution in [0, 0.1) is 5.41 Å². The Morgan fingerprint density at radius 1 is 1.32 bits per heavy atom. The third-order valence-corrected chi connectivity index (χ3v) is 3.32. The first-order chi connectivity index (χ1) is 8.89. The Morgan fingerprint density at radius 2 is 1.89 bits per heavy atom. The van der Waals surface area contributed by atoms with Crippen LogP contribution in [0.3, 0.4) is 0 Å². The molecule has 1 N–H and O–H groups in total. The summed E-state index contributed by atoms with van der Waals surface area (Å²) in [6, 6.07) is 0.0130. The number of hydrogen-bond acceptors (Lipinski definition) is 4. The van der Waals surface area contributed by atoms with Gasteiger partial charge in [0.2, 0.25) is 11.8 Å². The summed E-state index contributed by atoms with van der Waals surface area (Å²) in [5.41, 5.74) is -0.210. The van der Waals surface area contributed by atoms with Crippen molar-refractivity contribution in [3.8, 4) is 0 Å². The molecule has 19 heavy (non-hydrogen) atoms. The predicted molar refractivity (Wildman–Crippen MR) is 73.7 cm³/mol. The zero-order valence-electron chi connectivity index (χ0n) is 12.5. The topological polar surface area (TPSA) is 58.6 Å². The number of nitrogens with one attached hydrogen (secondary N) is 1. The van der Waals surface area contributed by atoms with Crippen LogP contribution in [0.5, 0.6) is 0 Å². The minimum absolute atomic E-state index is 0.0130. The van der Waals surface area contributed by atoms with Crippen molar-refractivity contribution in [1.82, 2.24) is 10.2 Å². The normalized spacial score (nSPS) is 20.7. The van der Waals surface area contributed by atoms with Gasteiger partial charge in [-0.05, 0) is 18.4 Å². The molecule has 1 heterocycles. The molecule has 0 radical (unpaired) electrons. The molecule has 2 amide bonds. The van der Waals surface area contributed by atoms with E-state index in [1.807, 2.05) is 13.8 Å². The Morgan fingerprint density at radius 3 is 2.37 bits per heavy atom. The van der Waals surface area contributed by atoms with Crippen LogP contribution in [0.2, 0.25) is 0 Å². The second kappa shape index (κ2) is 7.01. The van der Waals surface area contributed by atoms with Crippen molar-refractivity contribution >= 4 is 11.8 Å². The summed E-state index contributed by atoms with van der Waals surface area (Å²) in [7, 11) is 1.63. The zero-order chi connectivity index (χ0) is 14.5. The van der Waals surface area contributed by atoms with Crippen LogP contribution in [0.4, 0.5) is 0 Å². The van der Waals surface area contributed by atoms with Gasteiger partial charge in [-0.1, -0.05) is 20.8 Å². The Balaban J connectivity index is 2.62. The molecular formula is C14H26N2O3. The van der Waals surface area contributed by atoms with Crippen LogP contribution >= 0.6 is 0 Å². The number of rotatable bonds is 7. The van der Waals surface area contributed by atoms with Crippen LogP contribution in [-0.4, -0.2) is 49.6 Å². The maximum absolute atomic E-state index is 12.1. The van der Waals surface area contributed by atoms with Crippen molar-refractivity contribution in [3.05, 3.63) is 0 Å². The van der Waals surface area contributed by atoms with E-state index in [4.69, 9.17) is 4.74 Å². The van der Waals surface area contributed by atoms with E-state index in [0.29, 0.717) is 26.0 Å². The summed E-state index contributed by atoms with van der Waals surface area (Å²) in [5.74, 6) is -0.138. The molecule has 1 atom stereocenters. The second-order valence-corrected chi connectivity index (χ2v) is 6.02. The van der Waals surface area contributed by atoms with Gasteiger partial charge in [0, 0.05) is 32.5 Å². The first kappa shape index (κ1) is 16.1. The van der Waals surface area contributed by atoms with Crippen molar-refractivity contribution in [2.24, 2.45) is 5.41 Å². The highest BCUT2D eigenvalue weighted by atomic mass is 16.5. The van der Waals surface area contributed by atoms with Gasteiger partial charge in [-0.3, -0.25) is 14.5 Å². The maximum Gasteiger partial charge on any atom is 0.229 e. The summed E-state index contributed by atoms with van der Waals surface area (Å²) in [4.78, 5) is 25.5. The summed E-state index contributed by atoms with van der Waals surface area (Å²) in [5, 5.41) is 3.31. The largest absolute Gasteiger partial charge is 0.383 e. The molecule has 1 aliphatic heterocycles. The highest BCUT2D eigenvalue weighted by Crippen LogP contribution is 2.31. The summed E-state index contributed by atoms with van der Waals surface area (Å²) in [6.45, 7) is 7.76. The number of hydrogen-bond donors (Lipinski definition) is 1. The standard InChI is InChI=1S/C14H26N2O3/c1-5-6-15-11(10-19-4)9-16-12(17)7-14(2,3)8-13(16)18/h11,15H,5-10H2,1-4H3. The number of methoxy groups -OCH3 is 1. The fourth-order valence-corrected chi connectivity index (χ4v) is 2.36. The van der Waals surface area contributed by atoms with Gasteiger partial charge in [-0.2, -0.15) is 0 Å². The van der Waals surface area contributed by atoms with Gasteiger partial charge >= 0.3 is 0 Å².